The zero-order valence-corrected chi connectivity index (χ0v) is 12.4. The van der Waals surface area contributed by atoms with E-state index in [-0.39, 0.29) is 11.3 Å². The van der Waals surface area contributed by atoms with Crippen LogP contribution in [0.2, 0.25) is 0 Å². The van der Waals surface area contributed by atoms with Gasteiger partial charge >= 0.3 is 0 Å². The van der Waals surface area contributed by atoms with Gasteiger partial charge in [-0.1, -0.05) is 25.9 Å². The smallest absolute Gasteiger partial charge is 0.170 e. The Hall–Kier alpha value is -1.71. The minimum atomic E-state index is 0.118. The quantitative estimate of drug-likeness (QED) is 0.380. The number of benzene rings is 1. The molecule has 4 heteroatoms. The van der Waals surface area contributed by atoms with Crippen LogP contribution in [0.25, 0.3) is 0 Å². The van der Waals surface area contributed by atoms with E-state index in [0.29, 0.717) is 12.2 Å². The molecule has 0 atom stereocenters. The molecule has 0 heterocycles. The Bertz CT molecular complexity index is 451. The van der Waals surface area contributed by atoms with E-state index in [0.717, 1.165) is 23.3 Å². The molecule has 0 radical (unpaired) electrons. The lowest BCUT2D eigenvalue weighted by atomic mass is 9.93. The number of aryl methyl sites for hydroxylation is 2. The maximum absolute atomic E-state index is 8.70. The molecule has 0 saturated carbocycles. The monoisotopic (exact) mass is 264 g/mol. The van der Waals surface area contributed by atoms with E-state index >= 15 is 0 Å². The summed E-state index contributed by atoms with van der Waals surface area (Å²) in [6.45, 7) is 11.2. The summed E-state index contributed by atoms with van der Waals surface area (Å²) in [6.07, 6.45) is 0.994. The highest BCUT2D eigenvalue weighted by molar-refractivity contribution is 5.97. The summed E-state index contributed by atoms with van der Waals surface area (Å²) in [6, 6.07) is 3.74. The van der Waals surface area contributed by atoms with E-state index in [1.807, 2.05) is 26.0 Å². The summed E-state index contributed by atoms with van der Waals surface area (Å²) in [4.78, 5) is 0. The maximum Gasteiger partial charge on any atom is 0.170 e. The summed E-state index contributed by atoms with van der Waals surface area (Å²) in [5.74, 6) is 1.01. The molecule has 0 aliphatic carbocycles. The molecule has 0 aromatic heterocycles. The molecule has 0 unspecified atom stereocenters. The molecule has 0 spiro atoms. The Morgan fingerprint density at radius 2 is 1.79 bits per heavy atom. The molecule has 0 bridgehead atoms. The van der Waals surface area contributed by atoms with Gasteiger partial charge in [-0.3, -0.25) is 0 Å². The molecule has 3 N–H and O–H groups in total. The number of rotatable bonds is 4. The summed E-state index contributed by atoms with van der Waals surface area (Å²) >= 11 is 0. The third-order valence-corrected chi connectivity index (χ3v) is 2.96. The minimum absolute atomic E-state index is 0.118. The number of amidine groups is 1. The summed E-state index contributed by atoms with van der Waals surface area (Å²) in [5.41, 5.74) is 8.56. The SMILES string of the molecule is Cc1cc(C(N)=NO)cc(C)c1OCCC(C)(C)C. The Morgan fingerprint density at radius 1 is 1.26 bits per heavy atom. The minimum Gasteiger partial charge on any atom is -0.493 e. The Morgan fingerprint density at radius 3 is 2.21 bits per heavy atom. The lowest BCUT2D eigenvalue weighted by Crippen LogP contribution is -2.15. The van der Waals surface area contributed by atoms with Crippen molar-refractivity contribution < 1.29 is 9.94 Å². The van der Waals surface area contributed by atoms with Crippen LogP contribution in [0.5, 0.6) is 5.75 Å². The van der Waals surface area contributed by atoms with Crippen molar-refractivity contribution in [2.45, 2.75) is 41.0 Å². The van der Waals surface area contributed by atoms with Crippen LogP contribution in [-0.4, -0.2) is 17.6 Å². The fourth-order valence-corrected chi connectivity index (χ4v) is 1.84. The second kappa shape index (κ2) is 5.95. The third kappa shape index (κ3) is 4.47. The van der Waals surface area contributed by atoms with Crippen LogP contribution >= 0.6 is 0 Å². The zero-order chi connectivity index (χ0) is 14.6. The second-order valence-corrected chi connectivity index (χ2v) is 6.08. The number of ether oxygens (including phenoxy) is 1. The van der Waals surface area contributed by atoms with Crippen molar-refractivity contribution in [2.75, 3.05) is 6.61 Å². The largest absolute Gasteiger partial charge is 0.493 e. The van der Waals surface area contributed by atoms with Gasteiger partial charge in [0.05, 0.1) is 6.61 Å². The average molecular weight is 264 g/mol. The van der Waals surface area contributed by atoms with Crippen molar-refractivity contribution >= 4 is 5.84 Å². The zero-order valence-electron chi connectivity index (χ0n) is 12.4. The van der Waals surface area contributed by atoms with Gasteiger partial charge in [0.2, 0.25) is 0 Å². The third-order valence-electron chi connectivity index (χ3n) is 2.96. The van der Waals surface area contributed by atoms with Crippen molar-refractivity contribution in [3.63, 3.8) is 0 Å². The molecule has 1 aromatic carbocycles. The van der Waals surface area contributed by atoms with Crippen LogP contribution < -0.4 is 10.5 Å². The van der Waals surface area contributed by atoms with Crippen molar-refractivity contribution in [3.8, 4) is 5.75 Å². The van der Waals surface area contributed by atoms with Gasteiger partial charge in [-0.05, 0) is 48.9 Å². The fourth-order valence-electron chi connectivity index (χ4n) is 1.84. The molecule has 0 aliphatic rings. The predicted molar refractivity (Wildman–Crippen MR) is 78.0 cm³/mol. The number of nitrogens with two attached hydrogens (primary N) is 1. The van der Waals surface area contributed by atoms with Gasteiger partial charge in [-0.15, -0.1) is 0 Å². The van der Waals surface area contributed by atoms with E-state index in [4.69, 9.17) is 15.7 Å². The van der Waals surface area contributed by atoms with E-state index in [9.17, 15) is 0 Å². The van der Waals surface area contributed by atoms with Gasteiger partial charge < -0.3 is 15.7 Å². The molecule has 106 valence electrons. The first-order valence-corrected chi connectivity index (χ1v) is 6.46. The summed E-state index contributed by atoms with van der Waals surface area (Å²) in [5, 5.41) is 11.7. The molecule has 0 saturated heterocycles. The van der Waals surface area contributed by atoms with Gasteiger partial charge in [0, 0.05) is 5.56 Å². The van der Waals surface area contributed by atoms with Crippen LogP contribution in [0.3, 0.4) is 0 Å². The van der Waals surface area contributed by atoms with E-state index in [1.165, 1.54) is 0 Å². The highest BCUT2D eigenvalue weighted by atomic mass is 16.5. The highest BCUT2D eigenvalue weighted by Gasteiger charge is 2.12. The molecular formula is C15H24N2O2. The normalized spacial score (nSPS) is 12.6. The van der Waals surface area contributed by atoms with Gasteiger partial charge in [-0.25, -0.2) is 0 Å². The van der Waals surface area contributed by atoms with Crippen molar-refractivity contribution in [1.29, 1.82) is 0 Å². The van der Waals surface area contributed by atoms with Crippen molar-refractivity contribution in [3.05, 3.63) is 28.8 Å². The van der Waals surface area contributed by atoms with Gasteiger partial charge in [0.15, 0.2) is 5.84 Å². The second-order valence-electron chi connectivity index (χ2n) is 6.08. The molecule has 4 nitrogen and oxygen atoms in total. The number of oxime groups is 1. The van der Waals surface area contributed by atoms with Crippen molar-refractivity contribution in [1.82, 2.24) is 0 Å². The number of hydrogen-bond donors (Lipinski definition) is 2. The van der Waals surface area contributed by atoms with Crippen LogP contribution in [0.15, 0.2) is 17.3 Å². The molecular weight excluding hydrogens is 240 g/mol. The first kappa shape index (κ1) is 15.3. The standard InChI is InChI=1S/C15H24N2O2/c1-10-8-12(14(16)17-18)9-11(2)13(10)19-7-6-15(3,4)5/h8-9,18H,6-7H2,1-5H3,(H2,16,17). The Labute approximate surface area is 115 Å². The summed E-state index contributed by atoms with van der Waals surface area (Å²) in [7, 11) is 0. The molecule has 0 aliphatic heterocycles. The first-order valence-electron chi connectivity index (χ1n) is 6.46. The van der Waals surface area contributed by atoms with Gasteiger partial charge in [0.1, 0.15) is 5.75 Å². The maximum atomic E-state index is 8.70. The fraction of sp³-hybridized carbons (Fsp3) is 0.533. The summed E-state index contributed by atoms with van der Waals surface area (Å²) < 4.78 is 5.87. The Balaban J connectivity index is 2.86. The molecule has 1 rings (SSSR count). The number of nitrogens with zero attached hydrogens (tertiary/aromatic N) is 1. The van der Waals surface area contributed by atoms with Crippen LogP contribution in [-0.2, 0) is 0 Å². The molecule has 19 heavy (non-hydrogen) atoms. The van der Waals surface area contributed by atoms with Crippen LogP contribution in [0.1, 0.15) is 43.9 Å². The topological polar surface area (TPSA) is 67.8 Å². The molecule has 1 aromatic rings. The van der Waals surface area contributed by atoms with Crippen LogP contribution in [0.4, 0.5) is 0 Å². The van der Waals surface area contributed by atoms with E-state index in [1.54, 1.807) is 0 Å². The van der Waals surface area contributed by atoms with Crippen LogP contribution in [0, 0.1) is 19.3 Å². The Kier molecular flexibility index (Phi) is 4.81. The van der Waals surface area contributed by atoms with Gasteiger partial charge in [-0.2, -0.15) is 0 Å². The predicted octanol–water partition coefficient (Wildman–Crippen LogP) is 3.21. The molecule has 0 fully saturated rings. The van der Waals surface area contributed by atoms with E-state index in [2.05, 4.69) is 25.9 Å². The highest BCUT2D eigenvalue weighted by Crippen LogP contribution is 2.26. The first-order chi connectivity index (χ1) is 8.74. The van der Waals surface area contributed by atoms with Crippen molar-refractivity contribution in [2.24, 2.45) is 16.3 Å². The number of hydrogen-bond acceptors (Lipinski definition) is 3. The lowest BCUT2D eigenvalue weighted by molar-refractivity contribution is 0.241. The van der Waals surface area contributed by atoms with Gasteiger partial charge in [0.25, 0.3) is 0 Å². The lowest BCUT2D eigenvalue weighted by Gasteiger charge is -2.20. The van der Waals surface area contributed by atoms with E-state index < -0.39 is 0 Å². The molecule has 0 amide bonds. The average Bonchev–Trinajstić information content (AvgIpc) is 2.30.